The molecular formula is C15H18ClN5O. The fourth-order valence-corrected chi connectivity index (χ4v) is 2.96. The van der Waals surface area contributed by atoms with Crippen molar-refractivity contribution in [1.29, 1.82) is 0 Å². The van der Waals surface area contributed by atoms with Gasteiger partial charge in [-0.15, -0.1) is 0 Å². The molecule has 1 unspecified atom stereocenters. The fraction of sp³-hybridized carbons (Fsp3) is 0.533. The standard InChI is InChI=1S/C15H18ClN5O/c1-20-8-11(7-17-20)12-9-21(4-5-22-12)14-6-13(16)18-15(19-14)10-2-3-10/h6-8,10,12H,2-5,9H2,1H3. The summed E-state index contributed by atoms with van der Waals surface area (Å²) >= 11 is 6.18. The molecule has 0 spiro atoms. The minimum Gasteiger partial charge on any atom is -0.370 e. The van der Waals surface area contributed by atoms with Gasteiger partial charge in [-0.3, -0.25) is 4.68 Å². The number of morpholine rings is 1. The maximum Gasteiger partial charge on any atom is 0.135 e. The molecule has 2 aliphatic rings. The van der Waals surface area contributed by atoms with E-state index in [4.69, 9.17) is 21.3 Å². The van der Waals surface area contributed by atoms with Gasteiger partial charge < -0.3 is 9.64 Å². The summed E-state index contributed by atoms with van der Waals surface area (Å²) in [6.07, 6.45) is 6.20. The van der Waals surface area contributed by atoms with Gasteiger partial charge in [0.25, 0.3) is 0 Å². The highest BCUT2D eigenvalue weighted by Crippen LogP contribution is 2.39. The molecule has 3 heterocycles. The highest BCUT2D eigenvalue weighted by Gasteiger charge is 2.29. The fourth-order valence-electron chi connectivity index (χ4n) is 2.77. The maximum atomic E-state index is 6.18. The molecule has 22 heavy (non-hydrogen) atoms. The zero-order valence-corrected chi connectivity index (χ0v) is 13.2. The first-order valence-corrected chi connectivity index (χ1v) is 7.96. The van der Waals surface area contributed by atoms with Crippen molar-refractivity contribution in [3.05, 3.63) is 35.0 Å². The second-order valence-electron chi connectivity index (χ2n) is 5.93. The monoisotopic (exact) mass is 319 g/mol. The predicted molar refractivity (Wildman–Crippen MR) is 83.1 cm³/mol. The third-order valence-electron chi connectivity index (χ3n) is 4.13. The van der Waals surface area contributed by atoms with Crippen LogP contribution in [-0.2, 0) is 11.8 Å². The van der Waals surface area contributed by atoms with Gasteiger partial charge in [0.15, 0.2) is 0 Å². The molecule has 0 aromatic carbocycles. The van der Waals surface area contributed by atoms with Crippen LogP contribution < -0.4 is 4.90 Å². The summed E-state index contributed by atoms with van der Waals surface area (Å²) in [5.41, 5.74) is 1.09. The molecule has 1 saturated carbocycles. The van der Waals surface area contributed by atoms with E-state index in [2.05, 4.69) is 15.0 Å². The smallest absolute Gasteiger partial charge is 0.135 e. The number of halogens is 1. The van der Waals surface area contributed by atoms with Gasteiger partial charge in [-0.1, -0.05) is 11.6 Å². The van der Waals surface area contributed by atoms with Crippen molar-refractivity contribution in [2.75, 3.05) is 24.6 Å². The number of ether oxygens (including phenoxy) is 1. The molecule has 6 nitrogen and oxygen atoms in total. The van der Waals surface area contributed by atoms with E-state index >= 15 is 0 Å². The lowest BCUT2D eigenvalue weighted by atomic mass is 10.1. The second-order valence-corrected chi connectivity index (χ2v) is 6.32. The molecule has 4 rings (SSSR count). The van der Waals surface area contributed by atoms with Crippen LogP contribution in [0.2, 0.25) is 5.15 Å². The van der Waals surface area contributed by atoms with E-state index in [1.807, 2.05) is 25.5 Å². The van der Waals surface area contributed by atoms with Crippen LogP contribution in [0.15, 0.2) is 18.5 Å². The van der Waals surface area contributed by atoms with E-state index in [9.17, 15) is 0 Å². The Kier molecular flexibility index (Phi) is 3.50. The molecule has 0 bridgehead atoms. The number of nitrogens with zero attached hydrogens (tertiary/aromatic N) is 5. The van der Waals surface area contributed by atoms with Crippen molar-refractivity contribution in [1.82, 2.24) is 19.7 Å². The van der Waals surface area contributed by atoms with Crippen LogP contribution in [0, 0.1) is 0 Å². The van der Waals surface area contributed by atoms with E-state index in [0.717, 1.165) is 30.3 Å². The number of hydrogen-bond acceptors (Lipinski definition) is 5. The molecule has 1 atom stereocenters. The molecule has 1 saturated heterocycles. The molecular weight excluding hydrogens is 302 g/mol. The summed E-state index contributed by atoms with van der Waals surface area (Å²) in [5, 5.41) is 4.75. The third kappa shape index (κ3) is 2.80. The lowest BCUT2D eigenvalue weighted by molar-refractivity contribution is 0.0394. The zero-order chi connectivity index (χ0) is 15.1. The number of rotatable bonds is 3. The van der Waals surface area contributed by atoms with Crippen LogP contribution in [-0.4, -0.2) is 39.4 Å². The molecule has 2 aromatic heterocycles. The topological polar surface area (TPSA) is 56.1 Å². The second kappa shape index (κ2) is 5.52. The largest absolute Gasteiger partial charge is 0.370 e. The van der Waals surface area contributed by atoms with Gasteiger partial charge in [-0.25, -0.2) is 9.97 Å². The van der Waals surface area contributed by atoms with Crippen molar-refractivity contribution in [3.8, 4) is 0 Å². The number of aryl methyl sites for hydroxylation is 1. The van der Waals surface area contributed by atoms with Crippen LogP contribution in [0.3, 0.4) is 0 Å². The van der Waals surface area contributed by atoms with Crippen LogP contribution in [0.5, 0.6) is 0 Å². The lowest BCUT2D eigenvalue weighted by Crippen LogP contribution is -2.39. The van der Waals surface area contributed by atoms with Crippen molar-refractivity contribution in [2.45, 2.75) is 24.9 Å². The summed E-state index contributed by atoms with van der Waals surface area (Å²) in [7, 11) is 1.91. The summed E-state index contributed by atoms with van der Waals surface area (Å²) in [6, 6.07) is 1.85. The molecule has 2 fully saturated rings. The zero-order valence-electron chi connectivity index (χ0n) is 12.4. The Bertz CT molecular complexity index is 684. The minimum atomic E-state index is 0.0144. The van der Waals surface area contributed by atoms with E-state index in [-0.39, 0.29) is 6.10 Å². The number of aromatic nitrogens is 4. The first-order valence-electron chi connectivity index (χ1n) is 7.58. The molecule has 116 valence electrons. The van der Waals surface area contributed by atoms with Crippen LogP contribution >= 0.6 is 11.6 Å². The summed E-state index contributed by atoms with van der Waals surface area (Å²) < 4.78 is 7.67. The minimum absolute atomic E-state index is 0.0144. The number of hydrogen-bond donors (Lipinski definition) is 0. The molecule has 0 radical (unpaired) electrons. The Hall–Kier alpha value is -1.66. The molecule has 1 aliphatic carbocycles. The molecule has 1 aliphatic heterocycles. The van der Waals surface area contributed by atoms with Crippen molar-refractivity contribution < 1.29 is 4.74 Å². The highest BCUT2D eigenvalue weighted by atomic mass is 35.5. The lowest BCUT2D eigenvalue weighted by Gasteiger charge is -2.33. The number of anilines is 1. The van der Waals surface area contributed by atoms with Crippen LogP contribution in [0.25, 0.3) is 0 Å². The summed E-state index contributed by atoms with van der Waals surface area (Å²) in [5.74, 6) is 2.28. The molecule has 7 heteroatoms. The average molecular weight is 320 g/mol. The van der Waals surface area contributed by atoms with Crippen molar-refractivity contribution in [2.24, 2.45) is 7.05 Å². The van der Waals surface area contributed by atoms with Gasteiger partial charge in [0.05, 0.1) is 12.8 Å². The Morgan fingerprint density at radius 1 is 1.32 bits per heavy atom. The average Bonchev–Trinajstić information content (AvgIpc) is 3.29. The van der Waals surface area contributed by atoms with Gasteiger partial charge in [-0.2, -0.15) is 5.10 Å². The van der Waals surface area contributed by atoms with E-state index in [1.54, 1.807) is 4.68 Å². The van der Waals surface area contributed by atoms with Gasteiger partial charge >= 0.3 is 0 Å². The normalized spacial score (nSPS) is 22.1. The van der Waals surface area contributed by atoms with Gasteiger partial charge in [-0.05, 0) is 12.8 Å². The Labute approximate surface area is 134 Å². The quantitative estimate of drug-likeness (QED) is 0.813. The van der Waals surface area contributed by atoms with E-state index in [1.165, 1.54) is 12.8 Å². The van der Waals surface area contributed by atoms with Crippen LogP contribution in [0.1, 0.15) is 36.3 Å². The Morgan fingerprint density at radius 2 is 2.18 bits per heavy atom. The first-order chi connectivity index (χ1) is 10.7. The SMILES string of the molecule is Cn1cc(C2CN(c3cc(Cl)nc(C4CC4)n3)CCO2)cn1. The van der Waals surface area contributed by atoms with Gasteiger partial charge in [0.1, 0.15) is 22.9 Å². The summed E-state index contributed by atoms with van der Waals surface area (Å²) in [4.78, 5) is 11.3. The van der Waals surface area contributed by atoms with E-state index in [0.29, 0.717) is 17.7 Å². The van der Waals surface area contributed by atoms with E-state index < -0.39 is 0 Å². The van der Waals surface area contributed by atoms with Crippen molar-refractivity contribution >= 4 is 17.4 Å². The van der Waals surface area contributed by atoms with Crippen molar-refractivity contribution in [3.63, 3.8) is 0 Å². The summed E-state index contributed by atoms with van der Waals surface area (Å²) in [6.45, 7) is 2.23. The molecule has 0 N–H and O–H groups in total. The third-order valence-corrected chi connectivity index (χ3v) is 4.32. The predicted octanol–water partition coefficient (Wildman–Crippen LogP) is 2.32. The van der Waals surface area contributed by atoms with Crippen LogP contribution in [0.4, 0.5) is 5.82 Å². The molecule has 2 aromatic rings. The highest BCUT2D eigenvalue weighted by molar-refractivity contribution is 6.29. The van der Waals surface area contributed by atoms with Gasteiger partial charge in [0.2, 0.25) is 0 Å². The Balaban J connectivity index is 1.57. The molecule has 0 amide bonds. The van der Waals surface area contributed by atoms with Gasteiger partial charge in [0, 0.05) is 43.9 Å². The Morgan fingerprint density at radius 3 is 2.91 bits per heavy atom. The first kappa shape index (κ1) is 14.0. The maximum absolute atomic E-state index is 6.18.